The average Bonchev–Trinajstić information content (AvgIpc) is 3.13. The maximum Gasteiger partial charge on any atom is 0.311 e. The van der Waals surface area contributed by atoms with E-state index >= 15 is 0 Å². The third-order valence-electron chi connectivity index (χ3n) is 5.11. The number of carbonyl (C=O) groups is 4. The van der Waals surface area contributed by atoms with Gasteiger partial charge in [-0.3, -0.25) is 19.2 Å². The van der Waals surface area contributed by atoms with Crippen LogP contribution in [-0.2, 0) is 19.1 Å². The van der Waals surface area contributed by atoms with Gasteiger partial charge in [-0.15, -0.1) is 0 Å². The first-order valence-electron chi connectivity index (χ1n) is 9.77. The number of esters is 1. The van der Waals surface area contributed by atoms with E-state index in [9.17, 15) is 19.2 Å². The molecule has 2 aromatic carbocycles. The second kappa shape index (κ2) is 9.35. The molecule has 30 heavy (non-hydrogen) atoms. The van der Waals surface area contributed by atoms with Gasteiger partial charge in [0.2, 0.25) is 11.8 Å². The second-order valence-corrected chi connectivity index (χ2v) is 7.32. The Morgan fingerprint density at radius 1 is 1.10 bits per heavy atom. The van der Waals surface area contributed by atoms with Crippen LogP contribution in [0.2, 0.25) is 0 Å². The smallest absolute Gasteiger partial charge is 0.311 e. The molecule has 1 fully saturated rings. The monoisotopic (exact) mass is 408 g/mol. The number of rotatable bonds is 7. The standard InChI is InChI=1S/C23H24N2O5/c1-15(17-6-4-3-5-7-17)25-13-19(12-22(25)28)23(29)30-14-21(27)18-8-10-20(11-9-18)24-16(2)26/h3-11,15,19H,12-14H2,1-2H3,(H,24,26)/t15-,19-/m0/s1. The van der Waals surface area contributed by atoms with Crippen LogP contribution in [0.15, 0.2) is 54.6 Å². The fourth-order valence-corrected chi connectivity index (χ4v) is 3.46. The molecule has 0 saturated carbocycles. The molecule has 156 valence electrons. The summed E-state index contributed by atoms with van der Waals surface area (Å²) in [5.74, 6) is -1.79. The summed E-state index contributed by atoms with van der Waals surface area (Å²) in [5.41, 5.74) is 1.95. The molecule has 2 atom stereocenters. The number of carbonyl (C=O) groups excluding carboxylic acids is 4. The second-order valence-electron chi connectivity index (χ2n) is 7.32. The molecule has 0 spiro atoms. The van der Waals surface area contributed by atoms with Crippen LogP contribution in [0.5, 0.6) is 0 Å². The Bertz CT molecular complexity index is 940. The van der Waals surface area contributed by atoms with E-state index in [2.05, 4.69) is 5.32 Å². The van der Waals surface area contributed by atoms with E-state index in [0.29, 0.717) is 11.3 Å². The largest absolute Gasteiger partial charge is 0.457 e. The van der Waals surface area contributed by atoms with Gasteiger partial charge in [0, 0.05) is 31.1 Å². The number of hydrogen-bond donors (Lipinski definition) is 1. The normalized spacial score (nSPS) is 16.8. The molecule has 7 heteroatoms. The first kappa shape index (κ1) is 21.2. The topological polar surface area (TPSA) is 92.8 Å². The molecule has 1 heterocycles. The van der Waals surface area contributed by atoms with Gasteiger partial charge in [0.15, 0.2) is 12.4 Å². The molecule has 0 bridgehead atoms. The van der Waals surface area contributed by atoms with Crippen LogP contribution in [0.4, 0.5) is 5.69 Å². The molecule has 0 unspecified atom stereocenters. The van der Waals surface area contributed by atoms with Gasteiger partial charge in [-0.05, 0) is 36.8 Å². The number of amides is 2. The van der Waals surface area contributed by atoms with E-state index in [4.69, 9.17) is 4.74 Å². The van der Waals surface area contributed by atoms with Crippen molar-refractivity contribution >= 4 is 29.3 Å². The minimum absolute atomic E-state index is 0.0790. The Morgan fingerprint density at radius 2 is 1.77 bits per heavy atom. The van der Waals surface area contributed by atoms with E-state index in [1.165, 1.54) is 6.92 Å². The lowest BCUT2D eigenvalue weighted by Gasteiger charge is -2.25. The van der Waals surface area contributed by atoms with Crippen molar-refractivity contribution in [3.8, 4) is 0 Å². The molecule has 3 rings (SSSR count). The lowest BCUT2D eigenvalue weighted by molar-refractivity contribution is -0.147. The molecule has 0 aliphatic carbocycles. The summed E-state index contributed by atoms with van der Waals surface area (Å²) in [7, 11) is 0. The number of ketones is 1. The average molecular weight is 408 g/mol. The molecule has 0 aromatic heterocycles. The predicted molar refractivity (Wildman–Crippen MR) is 111 cm³/mol. The SMILES string of the molecule is CC(=O)Nc1ccc(C(=O)COC(=O)[C@H]2CC(=O)N([C@@H](C)c3ccccc3)C2)cc1. The van der Waals surface area contributed by atoms with Gasteiger partial charge in [0.1, 0.15) is 0 Å². The van der Waals surface area contributed by atoms with Crippen molar-refractivity contribution in [2.75, 3.05) is 18.5 Å². The van der Waals surface area contributed by atoms with Crippen LogP contribution in [-0.4, -0.2) is 41.6 Å². The first-order chi connectivity index (χ1) is 14.3. The van der Waals surface area contributed by atoms with Crippen LogP contribution >= 0.6 is 0 Å². The molecule has 1 N–H and O–H groups in total. The van der Waals surface area contributed by atoms with Crippen LogP contribution < -0.4 is 5.32 Å². The highest BCUT2D eigenvalue weighted by atomic mass is 16.5. The van der Waals surface area contributed by atoms with E-state index in [0.717, 1.165) is 5.56 Å². The molecular weight excluding hydrogens is 384 g/mol. The van der Waals surface area contributed by atoms with Gasteiger partial charge < -0.3 is 15.0 Å². The van der Waals surface area contributed by atoms with Crippen molar-refractivity contribution in [2.45, 2.75) is 26.3 Å². The molecule has 0 radical (unpaired) electrons. The van der Waals surface area contributed by atoms with Crippen LogP contribution in [0.3, 0.4) is 0 Å². The Balaban J connectivity index is 1.53. The Morgan fingerprint density at radius 3 is 2.40 bits per heavy atom. The van der Waals surface area contributed by atoms with Crippen LogP contribution in [0, 0.1) is 5.92 Å². The van der Waals surface area contributed by atoms with E-state index in [1.807, 2.05) is 37.3 Å². The molecule has 1 aliphatic rings. The van der Waals surface area contributed by atoms with Crippen molar-refractivity contribution < 1.29 is 23.9 Å². The molecule has 2 amide bonds. The van der Waals surface area contributed by atoms with E-state index in [-0.39, 0.29) is 36.6 Å². The number of ether oxygens (including phenoxy) is 1. The van der Waals surface area contributed by atoms with Gasteiger partial charge in [0.25, 0.3) is 0 Å². The fraction of sp³-hybridized carbons (Fsp3) is 0.304. The predicted octanol–water partition coefficient (Wildman–Crippen LogP) is 2.98. The van der Waals surface area contributed by atoms with Gasteiger partial charge in [-0.2, -0.15) is 0 Å². The highest BCUT2D eigenvalue weighted by Gasteiger charge is 2.38. The Hall–Kier alpha value is -3.48. The fourth-order valence-electron chi connectivity index (χ4n) is 3.46. The zero-order chi connectivity index (χ0) is 21.7. The number of Topliss-reactive ketones (excluding diaryl/α,β-unsaturated/α-hetero) is 1. The molecule has 2 aromatic rings. The summed E-state index contributed by atoms with van der Waals surface area (Å²) >= 11 is 0. The molecule has 1 aliphatic heterocycles. The summed E-state index contributed by atoms with van der Waals surface area (Å²) in [6, 6.07) is 15.8. The summed E-state index contributed by atoms with van der Waals surface area (Å²) in [6.07, 6.45) is 0.0790. The highest BCUT2D eigenvalue weighted by Crippen LogP contribution is 2.29. The number of nitrogens with one attached hydrogen (secondary N) is 1. The molecule has 7 nitrogen and oxygen atoms in total. The lowest BCUT2D eigenvalue weighted by Crippen LogP contribution is -2.30. The Kier molecular flexibility index (Phi) is 6.61. The number of nitrogens with zero attached hydrogens (tertiary/aromatic N) is 1. The van der Waals surface area contributed by atoms with Crippen LogP contribution in [0.1, 0.15) is 42.2 Å². The number of likely N-dealkylation sites (tertiary alicyclic amines) is 1. The number of hydrogen-bond acceptors (Lipinski definition) is 5. The van der Waals surface area contributed by atoms with Crippen molar-refractivity contribution in [1.82, 2.24) is 4.90 Å². The summed E-state index contributed by atoms with van der Waals surface area (Å²) in [6.45, 7) is 3.20. The quantitative estimate of drug-likeness (QED) is 0.562. The minimum Gasteiger partial charge on any atom is -0.457 e. The third-order valence-corrected chi connectivity index (χ3v) is 5.11. The molecular formula is C23H24N2O5. The maximum absolute atomic E-state index is 12.4. The number of anilines is 1. The van der Waals surface area contributed by atoms with Gasteiger partial charge >= 0.3 is 5.97 Å². The van der Waals surface area contributed by atoms with Gasteiger partial charge in [-0.25, -0.2) is 0 Å². The zero-order valence-electron chi connectivity index (χ0n) is 17.0. The summed E-state index contributed by atoms with van der Waals surface area (Å²) < 4.78 is 5.18. The Labute approximate surface area is 175 Å². The van der Waals surface area contributed by atoms with E-state index in [1.54, 1.807) is 29.2 Å². The van der Waals surface area contributed by atoms with Crippen LogP contribution in [0.25, 0.3) is 0 Å². The minimum atomic E-state index is -0.585. The number of benzene rings is 2. The van der Waals surface area contributed by atoms with Gasteiger partial charge in [0.05, 0.1) is 12.0 Å². The summed E-state index contributed by atoms with van der Waals surface area (Å²) in [5, 5.41) is 2.62. The third kappa shape index (κ3) is 5.11. The van der Waals surface area contributed by atoms with Crippen molar-refractivity contribution in [3.63, 3.8) is 0 Å². The van der Waals surface area contributed by atoms with Crippen molar-refractivity contribution in [1.29, 1.82) is 0 Å². The maximum atomic E-state index is 12.4. The highest BCUT2D eigenvalue weighted by molar-refractivity contribution is 5.99. The summed E-state index contributed by atoms with van der Waals surface area (Å²) in [4.78, 5) is 49.8. The van der Waals surface area contributed by atoms with E-state index < -0.39 is 18.5 Å². The lowest BCUT2D eigenvalue weighted by atomic mass is 10.1. The van der Waals surface area contributed by atoms with Gasteiger partial charge in [-0.1, -0.05) is 30.3 Å². The zero-order valence-corrected chi connectivity index (χ0v) is 17.0. The van der Waals surface area contributed by atoms with Crippen molar-refractivity contribution in [2.24, 2.45) is 5.92 Å². The van der Waals surface area contributed by atoms with Crippen molar-refractivity contribution in [3.05, 3.63) is 65.7 Å². The first-order valence-corrected chi connectivity index (χ1v) is 9.77. The molecule has 1 saturated heterocycles.